The third kappa shape index (κ3) is 42.5. The lowest BCUT2D eigenvalue weighted by Gasteiger charge is -2.18. The molecule has 58 heavy (non-hydrogen) atoms. The summed E-state index contributed by atoms with van der Waals surface area (Å²) in [7, 11) is 0. The maximum atomic E-state index is 12.8. The van der Waals surface area contributed by atoms with Crippen LogP contribution in [0.1, 0.15) is 279 Å². The Morgan fingerprint density at radius 2 is 0.603 bits per heavy atom. The van der Waals surface area contributed by atoms with Crippen LogP contribution in [0.15, 0.2) is 0 Å². The molecule has 6 heteroatoms. The van der Waals surface area contributed by atoms with Gasteiger partial charge in [-0.2, -0.15) is 0 Å². The Morgan fingerprint density at radius 1 is 0.345 bits per heavy atom. The van der Waals surface area contributed by atoms with Gasteiger partial charge in [0.05, 0.1) is 0 Å². The van der Waals surface area contributed by atoms with Crippen molar-refractivity contribution in [1.82, 2.24) is 0 Å². The van der Waals surface area contributed by atoms with Crippen LogP contribution in [0.2, 0.25) is 0 Å². The Morgan fingerprint density at radius 3 is 0.897 bits per heavy atom. The zero-order valence-corrected chi connectivity index (χ0v) is 39.8. The van der Waals surface area contributed by atoms with E-state index in [2.05, 4.69) is 41.5 Å². The van der Waals surface area contributed by atoms with E-state index in [4.69, 9.17) is 14.2 Å². The molecule has 0 aliphatic rings. The number of hydrogen-bond donors (Lipinski definition) is 0. The van der Waals surface area contributed by atoms with Gasteiger partial charge in [-0.1, -0.05) is 241 Å². The molecule has 0 spiro atoms. The molecule has 344 valence electrons. The van der Waals surface area contributed by atoms with Crippen molar-refractivity contribution in [2.45, 2.75) is 285 Å². The van der Waals surface area contributed by atoms with Crippen molar-refractivity contribution < 1.29 is 28.6 Å². The minimum atomic E-state index is -0.763. The SMILES string of the molecule is CCC(C)CCCCCCCCCCCCC(=O)OC[C@H](COC(=O)CCCCCCCCC(C)CC)OC(=O)CCCCCCCCCCCCCCCC(C)C. The second-order valence-corrected chi connectivity index (χ2v) is 18.8. The zero-order valence-electron chi connectivity index (χ0n) is 39.8. The fourth-order valence-corrected chi connectivity index (χ4v) is 7.70. The van der Waals surface area contributed by atoms with Crippen LogP contribution in [-0.4, -0.2) is 37.2 Å². The first kappa shape index (κ1) is 56.4. The fraction of sp³-hybridized carbons (Fsp3) is 0.942. The monoisotopic (exact) mass is 821 g/mol. The van der Waals surface area contributed by atoms with Gasteiger partial charge in [0, 0.05) is 19.3 Å². The van der Waals surface area contributed by atoms with E-state index in [0.717, 1.165) is 75.5 Å². The Labute approximate surface area is 361 Å². The summed E-state index contributed by atoms with van der Waals surface area (Å²) in [4.78, 5) is 37.9. The molecule has 0 aromatic carbocycles. The van der Waals surface area contributed by atoms with E-state index in [9.17, 15) is 14.4 Å². The minimum absolute atomic E-state index is 0.0655. The number of hydrogen-bond acceptors (Lipinski definition) is 6. The van der Waals surface area contributed by atoms with E-state index in [0.29, 0.717) is 19.3 Å². The Bertz CT molecular complexity index is 902. The lowest BCUT2D eigenvalue weighted by atomic mass is 9.99. The molecule has 0 saturated heterocycles. The molecule has 0 radical (unpaired) electrons. The summed E-state index contributed by atoms with van der Waals surface area (Å²) in [5.74, 6) is 1.67. The van der Waals surface area contributed by atoms with Crippen LogP contribution in [0, 0.1) is 17.8 Å². The highest BCUT2D eigenvalue weighted by Gasteiger charge is 2.19. The first-order valence-electron chi connectivity index (χ1n) is 25.7. The fourth-order valence-electron chi connectivity index (χ4n) is 7.70. The van der Waals surface area contributed by atoms with Gasteiger partial charge in [0.2, 0.25) is 0 Å². The summed E-state index contributed by atoms with van der Waals surface area (Å²) in [5.41, 5.74) is 0. The third-order valence-corrected chi connectivity index (χ3v) is 12.4. The average molecular weight is 821 g/mol. The smallest absolute Gasteiger partial charge is 0.306 e. The maximum Gasteiger partial charge on any atom is 0.306 e. The standard InChI is InChI=1S/C52H100O6/c1-7-47(5)39-33-27-21-17-14-15-18-22-29-35-41-50(53)56-44-49(45-57-51(54)42-36-30-25-24-28-34-40-48(6)8-2)58-52(55)43-37-31-23-19-13-11-9-10-12-16-20-26-32-38-46(3)4/h46-49H,7-45H2,1-6H3/t47?,48?,49-/m1/s1. The van der Waals surface area contributed by atoms with Gasteiger partial charge in [-0.25, -0.2) is 0 Å². The van der Waals surface area contributed by atoms with Crippen LogP contribution >= 0.6 is 0 Å². The van der Waals surface area contributed by atoms with Crippen molar-refractivity contribution >= 4 is 17.9 Å². The molecule has 0 aliphatic heterocycles. The van der Waals surface area contributed by atoms with Crippen LogP contribution < -0.4 is 0 Å². The molecule has 0 heterocycles. The zero-order chi connectivity index (χ0) is 42.7. The first-order valence-corrected chi connectivity index (χ1v) is 25.7. The van der Waals surface area contributed by atoms with Crippen molar-refractivity contribution in [3.63, 3.8) is 0 Å². The Kier molecular flexibility index (Phi) is 42.3. The van der Waals surface area contributed by atoms with Gasteiger partial charge in [-0.3, -0.25) is 14.4 Å². The molecule has 3 atom stereocenters. The molecule has 2 unspecified atom stereocenters. The van der Waals surface area contributed by atoms with E-state index in [1.54, 1.807) is 0 Å². The molecular formula is C52H100O6. The third-order valence-electron chi connectivity index (χ3n) is 12.4. The van der Waals surface area contributed by atoms with Crippen LogP contribution in [0.4, 0.5) is 0 Å². The van der Waals surface area contributed by atoms with Gasteiger partial charge < -0.3 is 14.2 Å². The topological polar surface area (TPSA) is 78.9 Å². The maximum absolute atomic E-state index is 12.8. The predicted octanol–water partition coefficient (Wildman–Crippen LogP) is 16.4. The summed E-state index contributed by atoms with van der Waals surface area (Å²) in [6.45, 7) is 13.7. The van der Waals surface area contributed by atoms with E-state index < -0.39 is 6.10 Å². The van der Waals surface area contributed by atoms with E-state index in [1.807, 2.05) is 0 Å². The lowest BCUT2D eigenvalue weighted by molar-refractivity contribution is -0.167. The summed E-state index contributed by atoms with van der Waals surface area (Å²) in [5, 5.41) is 0. The van der Waals surface area contributed by atoms with Crippen molar-refractivity contribution in [2.75, 3.05) is 13.2 Å². The molecule has 0 aliphatic carbocycles. The quantitative estimate of drug-likeness (QED) is 0.0346. The number of carbonyl (C=O) groups is 3. The number of unbranched alkanes of at least 4 members (excludes halogenated alkanes) is 26. The van der Waals surface area contributed by atoms with Gasteiger partial charge in [0.15, 0.2) is 6.10 Å². The van der Waals surface area contributed by atoms with Crippen LogP contribution in [0.25, 0.3) is 0 Å². The minimum Gasteiger partial charge on any atom is -0.462 e. The van der Waals surface area contributed by atoms with Crippen LogP contribution in [0.5, 0.6) is 0 Å². The highest BCUT2D eigenvalue weighted by molar-refractivity contribution is 5.71. The van der Waals surface area contributed by atoms with Gasteiger partial charge in [0.1, 0.15) is 13.2 Å². The highest BCUT2D eigenvalue weighted by atomic mass is 16.6. The summed E-state index contributed by atoms with van der Waals surface area (Å²) < 4.78 is 16.8. The molecule has 0 bridgehead atoms. The second kappa shape index (κ2) is 43.5. The molecule has 0 N–H and O–H groups in total. The van der Waals surface area contributed by atoms with Crippen LogP contribution in [0.3, 0.4) is 0 Å². The summed E-state index contributed by atoms with van der Waals surface area (Å²) >= 11 is 0. The molecule has 0 fully saturated rings. The number of ether oxygens (including phenoxy) is 3. The molecule has 0 rings (SSSR count). The largest absolute Gasteiger partial charge is 0.462 e. The van der Waals surface area contributed by atoms with E-state index in [1.165, 1.54) is 161 Å². The number of carbonyl (C=O) groups excluding carboxylic acids is 3. The number of esters is 3. The Balaban J connectivity index is 4.32. The normalized spacial score (nSPS) is 13.1. The predicted molar refractivity (Wildman–Crippen MR) is 247 cm³/mol. The van der Waals surface area contributed by atoms with Gasteiger partial charge >= 0.3 is 17.9 Å². The second-order valence-electron chi connectivity index (χ2n) is 18.8. The average Bonchev–Trinajstić information content (AvgIpc) is 3.21. The first-order chi connectivity index (χ1) is 28.2. The lowest BCUT2D eigenvalue weighted by Crippen LogP contribution is -2.30. The van der Waals surface area contributed by atoms with Crippen molar-refractivity contribution in [3.05, 3.63) is 0 Å². The molecule has 0 aromatic rings. The van der Waals surface area contributed by atoms with Crippen molar-refractivity contribution in [2.24, 2.45) is 17.8 Å². The highest BCUT2D eigenvalue weighted by Crippen LogP contribution is 2.18. The summed E-state index contributed by atoms with van der Waals surface area (Å²) in [6.07, 6.45) is 42.3. The van der Waals surface area contributed by atoms with E-state index in [-0.39, 0.29) is 31.1 Å². The van der Waals surface area contributed by atoms with Crippen molar-refractivity contribution in [3.8, 4) is 0 Å². The van der Waals surface area contributed by atoms with Gasteiger partial charge in [0.25, 0.3) is 0 Å². The molecular weight excluding hydrogens is 721 g/mol. The van der Waals surface area contributed by atoms with Gasteiger partial charge in [-0.05, 0) is 37.0 Å². The molecule has 6 nitrogen and oxygen atoms in total. The Hall–Kier alpha value is -1.59. The summed E-state index contributed by atoms with van der Waals surface area (Å²) in [6, 6.07) is 0. The van der Waals surface area contributed by atoms with Crippen LogP contribution in [-0.2, 0) is 28.6 Å². The molecule has 0 aromatic heterocycles. The molecule has 0 amide bonds. The van der Waals surface area contributed by atoms with E-state index >= 15 is 0 Å². The van der Waals surface area contributed by atoms with Crippen molar-refractivity contribution in [1.29, 1.82) is 0 Å². The molecule has 0 saturated carbocycles. The van der Waals surface area contributed by atoms with Gasteiger partial charge in [-0.15, -0.1) is 0 Å². The number of rotatable bonds is 45.